The van der Waals surface area contributed by atoms with Crippen LogP contribution in [0.4, 0.5) is 4.39 Å². The van der Waals surface area contributed by atoms with Crippen LogP contribution < -0.4 is 5.32 Å². The number of halogens is 1. The molecule has 1 nitrogen and oxygen atoms in total. The number of aryl methyl sites for hydroxylation is 1. The van der Waals surface area contributed by atoms with Gasteiger partial charge in [0.25, 0.3) is 0 Å². The zero-order valence-electron chi connectivity index (χ0n) is 7.81. The average Bonchev–Trinajstić information content (AvgIpc) is 2.30. The molecule has 2 rings (SSSR count). The molecule has 0 saturated heterocycles. The van der Waals surface area contributed by atoms with Crippen LogP contribution >= 0.6 is 0 Å². The Morgan fingerprint density at radius 2 is 2.31 bits per heavy atom. The van der Waals surface area contributed by atoms with Crippen molar-refractivity contribution in [2.75, 3.05) is 0 Å². The van der Waals surface area contributed by atoms with Crippen molar-refractivity contribution in [3.05, 3.63) is 35.1 Å². The average molecular weight is 179 g/mol. The first-order chi connectivity index (χ1) is 6.27. The summed E-state index contributed by atoms with van der Waals surface area (Å²) in [5, 5.41) is 3.30. The minimum Gasteiger partial charge on any atom is -0.310 e. The molecule has 0 spiro atoms. The van der Waals surface area contributed by atoms with E-state index < -0.39 is 0 Å². The van der Waals surface area contributed by atoms with Crippen molar-refractivity contribution in [1.82, 2.24) is 5.32 Å². The second-order valence-corrected chi connectivity index (χ2v) is 3.70. The molecule has 1 aromatic carbocycles. The van der Waals surface area contributed by atoms with Crippen molar-refractivity contribution >= 4 is 0 Å². The standard InChI is InChI=1S/C11H14FN/c1-8-5-6-9-3-2-4-11(12)10(9)7-13-8/h2-4,8,13H,5-7H2,1H3. The van der Waals surface area contributed by atoms with Gasteiger partial charge in [-0.1, -0.05) is 12.1 Å². The number of rotatable bonds is 0. The van der Waals surface area contributed by atoms with Crippen LogP contribution in [0.5, 0.6) is 0 Å². The van der Waals surface area contributed by atoms with E-state index in [1.165, 1.54) is 6.07 Å². The lowest BCUT2D eigenvalue weighted by molar-refractivity contribution is 0.524. The Hall–Kier alpha value is -0.890. The highest BCUT2D eigenvalue weighted by Gasteiger charge is 2.14. The molecule has 0 fully saturated rings. The number of nitrogens with one attached hydrogen (secondary N) is 1. The molecule has 0 bridgehead atoms. The quantitative estimate of drug-likeness (QED) is 0.644. The van der Waals surface area contributed by atoms with Gasteiger partial charge in [-0.05, 0) is 31.4 Å². The van der Waals surface area contributed by atoms with Gasteiger partial charge in [0.1, 0.15) is 5.82 Å². The topological polar surface area (TPSA) is 12.0 Å². The summed E-state index contributed by atoms with van der Waals surface area (Å²) in [5.41, 5.74) is 2.02. The third-order valence-corrected chi connectivity index (χ3v) is 2.69. The zero-order valence-corrected chi connectivity index (χ0v) is 7.81. The van der Waals surface area contributed by atoms with Gasteiger partial charge in [-0.3, -0.25) is 0 Å². The third kappa shape index (κ3) is 1.73. The van der Waals surface area contributed by atoms with E-state index in [0.717, 1.165) is 24.0 Å². The fourth-order valence-electron chi connectivity index (χ4n) is 1.79. The molecule has 2 heteroatoms. The van der Waals surface area contributed by atoms with Crippen LogP contribution in [-0.4, -0.2) is 6.04 Å². The molecule has 0 aliphatic carbocycles. The van der Waals surface area contributed by atoms with Crippen molar-refractivity contribution < 1.29 is 4.39 Å². The van der Waals surface area contributed by atoms with E-state index in [1.54, 1.807) is 6.07 Å². The minimum atomic E-state index is -0.0703. The van der Waals surface area contributed by atoms with Gasteiger partial charge >= 0.3 is 0 Å². The summed E-state index contributed by atoms with van der Waals surface area (Å²) in [6.07, 6.45) is 2.08. The van der Waals surface area contributed by atoms with Crippen molar-refractivity contribution in [3.63, 3.8) is 0 Å². The maximum Gasteiger partial charge on any atom is 0.127 e. The highest BCUT2D eigenvalue weighted by molar-refractivity contribution is 5.29. The Morgan fingerprint density at radius 3 is 3.15 bits per heavy atom. The van der Waals surface area contributed by atoms with Crippen molar-refractivity contribution in [2.24, 2.45) is 0 Å². The van der Waals surface area contributed by atoms with E-state index in [9.17, 15) is 4.39 Å². The summed E-state index contributed by atoms with van der Waals surface area (Å²) >= 11 is 0. The fourth-order valence-corrected chi connectivity index (χ4v) is 1.79. The summed E-state index contributed by atoms with van der Waals surface area (Å²) in [7, 11) is 0. The molecule has 1 N–H and O–H groups in total. The van der Waals surface area contributed by atoms with Crippen LogP contribution in [0, 0.1) is 5.82 Å². The molecule has 0 saturated carbocycles. The minimum absolute atomic E-state index is 0.0703. The predicted octanol–water partition coefficient (Wildman–Crippen LogP) is 2.25. The zero-order chi connectivity index (χ0) is 9.26. The van der Waals surface area contributed by atoms with Crippen LogP contribution in [0.1, 0.15) is 24.5 Å². The summed E-state index contributed by atoms with van der Waals surface area (Å²) in [6, 6.07) is 5.85. The van der Waals surface area contributed by atoms with E-state index >= 15 is 0 Å². The van der Waals surface area contributed by atoms with Gasteiger partial charge in [0.15, 0.2) is 0 Å². The van der Waals surface area contributed by atoms with Gasteiger partial charge in [0, 0.05) is 18.2 Å². The molecular formula is C11H14FN. The van der Waals surface area contributed by atoms with E-state index in [-0.39, 0.29) is 5.82 Å². The Balaban J connectivity index is 2.35. The van der Waals surface area contributed by atoms with Crippen molar-refractivity contribution in [1.29, 1.82) is 0 Å². The van der Waals surface area contributed by atoms with Gasteiger partial charge in [-0.2, -0.15) is 0 Å². The van der Waals surface area contributed by atoms with Crippen LogP contribution in [0.15, 0.2) is 18.2 Å². The number of hydrogen-bond acceptors (Lipinski definition) is 1. The summed E-state index contributed by atoms with van der Waals surface area (Å²) < 4.78 is 13.3. The lowest BCUT2D eigenvalue weighted by Crippen LogP contribution is -2.23. The Morgan fingerprint density at radius 1 is 1.46 bits per heavy atom. The van der Waals surface area contributed by atoms with Gasteiger partial charge in [0.05, 0.1) is 0 Å². The van der Waals surface area contributed by atoms with Gasteiger partial charge in [0.2, 0.25) is 0 Å². The van der Waals surface area contributed by atoms with Gasteiger partial charge in [-0.25, -0.2) is 4.39 Å². The maximum absolute atomic E-state index is 13.3. The van der Waals surface area contributed by atoms with Crippen molar-refractivity contribution in [2.45, 2.75) is 32.4 Å². The molecule has 1 unspecified atom stereocenters. The first kappa shape index (κ1) is 8.70. The Labute approximate surface area is 78.0 Å². The summed E-state index contributed by atoms with van der Waals surface area (Å²) in [6.45, 7) is 2.81. The van der Waals surface area contributed by atoms with Crippen molar-refractivity contribution in [3.8, 4) is 0 Å². The second kappa shape index (κ2) is 3.46. The van der Waals surface area contributed by atoms with E-state index in [2.05, 4.69) is 12.2 Å². The van der Waals surface area contributed by atoms with E-state index in [0.29, 0.717) is 12.6 Å². The highest BCUT2D eigenvalue weighted by atomic mass is 19.1. The largest absolute Gasteiger partial charge is 0.310 e. The highest BCUT2D eigenvalue weighted by Crippen LogP contribution is 2.18. The predicted molar refractivity (Wildman–Crippen MR) is 51.0 cm³/mol. The molecule has 0 aromatic heterocycles. The van der Waals surface area contributed by atoms with Crippen LogP contribution in [-0.2, 0) is 13.0 Å². The van der Waals surface area contributed by atoms with Gasteiger partial charge < -0.3 is 5.32 Å². The smallest absolute Gasteiger partial charge is 0.127 e. The molecule has 0 radical (unpaired) electrons. The molecule has 0 amide bonds. The SMILES string of the molecule is CC1CCc2cccc(F)c2CN1. The molecular weight excluding hydrogens is 165 g/mol. The molecule has 1 aromatic rings. The fraction of sp³-hybridized carbons (Fsp3) is 0.455. The van der Waals surface area contributed by atoms with Crippen LogP contribution in [0.2, 0.25) is 0 Å². The molecule has 1 heterocycles. The number of fused-ring (bicyclic) bond motifs is 1. The van der Waals surface area contributed by atoms with Gasteiger partial charge in [-0.15, -0.1) is 0 Å². The van der Waals surface area contributed by atoms with E-state index in [4.69, 9.17) is 0 Å². The molecule has 1 aliphatic rings. The monoisotopic (exact) mass is 179 g/mol. The van der Waals surface area contributed by atoms with E-state index in [1.807, 2.05) is 6.07 Å². The summed E-state index contributed by atoms with van der Waals surface area (Å²) in [4.78, 5) is 0. The second-order valence-electron chi connectivity index (χ2n) is 3.70. The molecule has 13 heavy (non-hydrogen) atoms. The lowest BCUT2D eigenvalue weighted by Gasteiger charge is -2.07. The molecule has 1 aliphatic heterocycles. The first-order valence-corrected chi connectivity index (χ1v) is 4.77. The Kier molecular flexibility index (Phi) is 2.32. The number of hydrogen-bond donors (Lipinski definition) is 1. The van der Waals surface area contributed by atoms with Crippen LogP contribution in [0.25, 0.3) is 0 Å². The van der Waals surface area contributed by atoms with Crippen LogP contribution in [0.3, 0.4) is 0 Å². The number of benzene rings is 1. The summed E-state index contributed by atoms with van der Waals surface area (Å²) in [5.74, 6) is -0.0703. The first-order valence-electron chi connectivity index (χ1n) is 4.77. The Bertz CT molecular complexity index is 309. The lowest BCUT2D eigenvalue weighted by atomic mass is 10.0. The molecule has 1 atom stereocenters. The normalized spacial score (nSPS) is 22.2. The molecule has 70 valence electrons. The maximum atomic E-state index is 13.3. The third-order valence-electron chi connectivity index (χ3n) is 2.69.